The van der Waals surface area contributed by atoms with E-state index >= 15 is 0 Å². The van der Waals surface area contributed by atoms with Crippen molar-refractivity contribution in [2.45, 2.75) is 0 Å². The molecule has 0 saturated carbocycles. The summed E-state index contributed by atoms with van der Waals surface area (Å²) in [7, 11) is 0. The van der Waals surface area contributed by atoms with Gasteiger partial charge < -0.3 is 0 Å². The van der Waals surface area contributed by atoms with E-state index in [-0.39, 0.29) is 0 Å². The van der Waals surface area contributed by atoms with E-state index < -0.39 is 0 Å². The van der Waals surface area contributed by atoms with E-state index in [4.69, 9.17) is 11.6 Å². The van der Waals surface area contributed by atoms with Crippen LogP contribution in [0.1, 0.15) is 11.1 Å². The van der Waals surface area contributed by atoms with Crippen molar-refractivity contribution in [3.8, 4) is 0 Å². The van der Waals surface area contributed by atoms with Gasteiger partial charge in [0.2, 0.25) is 0 Å². The highest BCUT2D eigenvalue weighted by molar-refractivity contribution is 6.30. The molecule has 1 aromatic rings. The smallest absolute Gasteiger partial charge is 0.0334 e. The lowest BCUT2D eigenvalue weighted by atomic mass is 9.95. The van der Waals surface area contributed by atoms with Crippen molar-refractivity contribution < 1.29 is 0 Å². The second-order valence-corrected chi connectivity index (χ2v) is 4.06. The van der Waals surface area contributed by atoms with Gasteiger partial charge in [0.25, 0.3) is 0 Å². The van der Waals surface area contributed by atoms with Crippen LogP contribution >= 0.6 is 11.6 Å². The van der Waals surface area contributed by atoms with Crippen LogP contribution in [0.15, 0.2) is 73.3 Å². The Hall–Kier alpha value is -1.79. The fourth-order valence-corrected chi connectivity index (χ4v) is 1.48. The first kappa shape index (κ1) is 13.3. The van der Waals surface area contributed by atoms with Gasteiger partial charge in [-0.25, -0.2) is 0 Å². The largest absolute Gasteiger partial charge is 0.0984 e. The van der Waals surface area contributed by atoms with Gasteiger partial charge in [0.1, 0.15) is 0 Å². The summed E-state index contributed by atoms with van der Waals surface area (Å²) in [5, 5.41) is 0.468. The predicted octanol–water partition coefficient (Wildman–Crippen LogP) is 5.21. The molecule has 0 fully saturated rings. The van der Waals surface area contributed by atoms with Gasteiger partial charge in [-0.1, -0.05) is 74.3 Å². The molecule has 0 unspecified atom stereocenters. The molecule has 0 bridgehead atoms. The van der Waals surface area contributed by atoms with Crippen molar-refractivity contribution in [2.24, 2.45) is 0 Å². The lowest BCUT2D eigenvalue weighted by molar-refractivity contribution is 1.56. The zero-order chi connectivity index (χ0) is 12.8. The monoisotopic (exact) mass is 242 g/mol. The Labute approximate surface area is 108 Å². The Morgan fingerprint density at radius 1 is 1.06 bits per heavy atom. The Morgan fingerprint density at radius 2 is 1.71 bits per heavy atom. The summed E-state index contributed by atoms with van der Waals surface area (Å²) in [5.74, 6) is 0. The molecule has 0 aliphatic carbocycles. The first-order chi connectivity index (χ1) is 8.06. The molecule has 0 nitrogen and oxygen atoms in total. The first-order valence-electron chi connectivity index (χ1n) is 5.18. The number of halogens is 1. The summed E-state index contributed by atoms with van der Waals surface area (Å²) in [6.45, 7) is 15.4. The Morgan fingerprint density at radius 3 is 2.29 bits per heavy atom. The number of allylic oxidation sites excluding steroid dienone is 5. The van der Waals surface area contributed by atoms with Gasteiger partial charge in [0, 0.05) is 5.03 Å². The van der Waals surface area contributed by atoms with Gasteiger partial charge in [-0.3, -0.25) is 0 Å². The van der Waals surface area contributed by atoms with Crippen LogP contribution in [0.3, 0.4) is 0 Å². The summed E-state index contributed by atoms with van der Waals surface area (Å²) in [6.07, 6.45) is 5.31. The Kier molecular flexibility index (Phi) is 4.74. The molecule has 0 aromatic heterocycles. The minimum atomic E-state index is 0.468. The van der Waals surface area contributed by atoms with Crippen molar-refractivity contribution in [1.82, 2.24) is 0 Å². The average molecular weight is 243 g/mol. The molecule has 0 aliphatic rings. The molecule has 0 aliphatic heterocycles. The standard InChI is InChI=1S/C16H15Cl/c1-5-15-8-6-7-9-16(15)14(4)12(2)10-11-13(3)17/h5-11H,1-4H2. The van der Waals surface area contributed by atoms with Crippen molar-refractivity contribution in [3.05, 3.63) is 84.5 Å². The summed E-state index contributed by atoms with van der Waals surface area (Å²) >= 11 is 5.66. The third-order valence-electron chi connectivity index (χ3n) is 2.36. The highest BCUT2D eigenvalue weighted by Gasteiger charge is 2.04. The van der Waals surface area contributed by atoms with Crippen molar-refractivity contribution >= 4 is 23.3 Å². The highest BCUT2D eigenvalue weighted by atomic mass is 35.5. The molecule has 0 heterocycles. The Bertz CT molecular complexity index is 504. The molecule has 0 spiro atoms. The van der Waals surface area contributed by atoms with Crippen LogP contribution in [0.25, 0.3) is 11.6 Å². The maximum absolute atomic E-state index is 5.66. The van der Waals surface area contributed by atoms with Gasteiger partial charge in [-0.15, -0.1) is 0 Å². The van der Waals surface area contributed by atoms with Crippen molar-refractivity contribution in [3.63, 3.8) is 0 Å². The maximum atomic E-state index is 5.66. The number of hydrogen-bond donors (Lipinski definition) is 0. The molecule has 0 amide bonds. The molecule has 17 heavy (non-hydrogen) atoms. The molecule has 1 aromatic carbocycles. The summed E-state index contributed by atoms with van der Waals surface area (Å²) in [4.78, 5) is 0. The third kappa shape index (κ3) is 3.61. The molecule has 0 N–H and O–H groups in total. The third-order valence-corrected chi connectivity index (χ3v) is 2.48. The lowest BCUT2D eigenvalue weighted by Gasteiger charge is -2.09. The second-order valence-electron chi connectivity index (χ2n) is 3.58. The van der Waals surface area contributed by atoms with Gasteiger partial charge >= 0.3 is 0 Å². The van der Waals surface area contributed by atoms with E-state index in [1.165, 1.54) is 0 Å². The van der Waals surface area contributed by atoms with Crippen LogP contribution in [0.4, 0.5) is 0 Å². The fourth-order valence-electron chi connectivity index (χ4n) is 1.41. The van der Waals surface area contributed by atoms with Gasteiger partial charge in [-0.2, -0.15) is 0 Å². The average Bonchev–Trinajstić information content (AvgIpc) is 2.34. The van der Waals surface area contributed by atoms with Gasteiger partial charge in [-0.05, 0) is 28.3 Å². The SMILES string of the molecule is C=Cc1ccccc1C(=C)C(=C)C=CC(=C)Cl. The minimum Gasteiger partial charge on any atom is -0.0984 e. The highest BCUT2D eigenvalue weighted by Crippen LogP contribution is 2.25. The Balaban J connectivity index is 3.00. The zero-order valence-corrected chi connectivity index (χ0v) is 10.5. The quantitative estimate of drug-likeness (QED) is 0.622. The zero-order valence-electron chi connectivity index (χ0n) is 9.75. The topological polar surface area (TPSA) is 0 Å². The maximum Gasteiger partial charge on any atom is 0.0334 e. The molecule has 0 saturated heterocycles. The summed E-state index contributed by atoms with van der Waals surface area (Å²) in [6, 6.07) is 7.91. The summed E-state index contributed by atoms with van der Waals surface area (Å²) < 4.78 is 0. The van der Waals surface area contributed by atoms with Crippen LogP contribution in [-0.4, -0.2) is 0 Å². The normalized spacial score (nSPS) is 10.2. The lowest BCUT2D eigenvalue weighted by Crippen LogP contribution is -1.88. The minimum absolute atomic E-state index is 0.468. The van der Waals surface area contributed by atoms with E-state index in [9.17, 15) is 0 Å². The number of benzene rings is 1. The van der Waals surface area contributed by atoms with Crippen molar-refractivity contribution in [2.75, 3.05) is 0 Å². The van der Waals surface area contributed by atoms with E-state index in [1.54, 1.807) is 18.2 Å². The molecule has 1 heteroatoms. The number of rotatable bonds is 5. The molecule has 0 radical (unpaired) electrons. The molecular formula is C16H15Cl. The van der Waals surface area contributed by atoms with Gasteiger partial charge in [0.15, 0.2) is 0 Å². The predicted molar refractivity (Wildman–Crippen MR) is 78.8 cm³/mol. The van der Waals surface area contributed by atoms with E-state index in [0.717, 1.165) is 22.3 Å². The van der Waals surface area contributed by atoms with Crippen LogP contribution in [0, 0.1) is 0 Å². The molecule has 0 atom stereocenters. The number of hydrogen-bond acceptors (Lipinski definition) is 0. The van der Waals surface area contributed by atoms with Crippen molar-refractivity contribution in [1.29, 1.82) is 0 Å². The molecule has 86 valence electrons. The van der Waals surface area contributed by atoms with E-state index in [1.807, 2.05) is 24.3 Å². The second kappa shape index (κ2) is 6.07. The van der Waals surface area contributed by atoms with Crippen LogP contribution in [0.2, 0.25) is 0 Å². The molecular weight excluding hydrogens is 228 g/mol. The fraction of sp³-hybridized carbons (Fsp3) is 0. The van der Waals surface area contributed by atoms with E-state index in [0.29, 0.717) is 5.03 Å². The summed E-state index contributed by atoms with van der Waals surface area (Å²) in [5.41, 5.74) is 3.73. The molecule has 1 rings (SSSR count). The van der Waals surface area contributed by atoms with Crippen LogP contribution in [-0.2, 0) is 0 Å². The first-order valence-corrected chi connectivity index (χ1v) is 5.56. The van der Waals surface area contributed by atoms with Crippen LogP contribution < -0.4 is 0 Å². The van der Waals surface area contributed by atoms with Crippen LogP contribution in [0.5, 0.6) is 0 Å². The van der Waals surface area contributed by atoms with Gasteiger partial charge in [0.05, 0.1) is 0 Å². The van der Waals surface area contributed by atoms with E-state index in [2.05, 4.69) is 26.3 Å².